The Morgan fingerprint density at radius 2 is 1.94 bits per heavy atom. The van der Waals surface area contributed by atoms with Crippen LogP contribution in [0.1, 0.15) is 29.9 Å². The van der Waals surface area contributed by atoms with E-state index in [0.717, 1.165) is 11.3 Å². The van der Waals surface area contributed by atoms with E-state index in [1.165, 1.54) is 12.7 Å². The average Bonchev–Trinajstić information content (AvgIpc) is 3.13. The van der Waals surface area contributed by atoms with Gasteiger partial charge < -0.3 is 24.7 Å². The van der Waals surface area contributed by atoms with Crippen LogP contribution in [-0.4, -0.2) is 48.8 Å². The second-order valence-corrected chi connectivity index (χ2v) is 7.65. The summed E-state index contributed by atoms with van der Waals surface area (Å²) in [5, 5.41) is 6.92. The van der Waals surface area contributed by atoms with Gasteiger partial charge in [-0.25, -0.2) is 9.78 Å². The Kier molecular flexibility index (Phi) is 8.21. The van der Waals surface area contributed by atoms with E-state index >= 15 is 0 Å². The fourth-order valence-corrected chi connectivity index (χ4v) is 3.47. The molecular weight excluding hydrogens is 420 g/mol. The number of methoxy groups -OCH3 is 2. The van der Waals surface area contributed by atoms with E-state index in [1.807, 2.05) is 56.3 Å². The minimum atomic E-state index is -0.557. The number of hydrogen-bond acceptors (Lipinski definition) is 6. The van der Waals surface area contributed by atoms with Crippen molar-refractivity contribution in [1.29, 1.82) is 0 Å². The fourth-order valence-electron chi connectivity index (χ4n) is 3.47. The van der Waals surface area contributed by atoms with E-state index in [-0.39, 0.29) is 18.0 Å². The van der Waals surface area contributed by atoms with Crippen LogP contribution in [0.3, 0.4) is 0 Å². The molecule has 0 fully saturated rings. The number of allylic oxidation sites excluding steroid dienone is 1. The lowest BCUT2D eigenvalue weighted by Gasteiger charge is -2.10. The Hall–Kier alpha value is -3.65. The van der Waals surface area contributed by atoms with Crippen LogP contribution >= 0.6 is 0 Å². The summed E-state index contributed by atoms with van der Waals surface area (Å²) < 4.78 is 12.0. The molecule has 33 heavy (non-hydrogen) atoms. The number of ether oxygens (including phenoxy) is 2. The van der Waals surface area contributed by atoms with Gasteiger partial charge in [-0.15, -0.1) is 0 Å². The van der Waals surface area contributed by atoms with E-state index in [1.54, 1.807) is 17.9 Å². The highest BCUT2D eigenvalue weighted by Crippen LogP contribution is 2.33. The van der Waals surface area contributed by atoms with Gasteiger partial charge in [-0.2, -0.15) is 0 Å². The fraction of sp³-hybridized carbons (Fsp3) is 0.320. The van der Waals surface area contributed by atoms with Gasteiger partial charge in [-0.3, -0.25) is 4.79 Å². The number of pyridine rings is 1. The minimum absolute atomic E-state index is 0.179. The topological polar surface area (TPSA) is 94.5 Å². The van der Waals surface area contributed by atoms with Crippen molar-refractivity contribution in [3.63, 3.8) is 0 Å². The van der Waals surface area contributed by atoms with Crippen LogP contribution in [0.25, 0.3) is 11.0 Å². The Morgan fingerprint density at radius 1 is 1.18 bits per heavy atom. The minimum Gasteiger partial charge on any atom is -0.464 e. The summed E-state index contributed by atoms with van der Waals surface area (Å²) >= 11 is 0. The number of anilines is 2. The van der Waals surface area contributed by atoms with Crippen LogP contribution in [0.15, 0.2) is 54.2 Å². The summed E-state index contributed by atoms with van der Waals surface area (Å²) in [4.78, 5) is 30.3. The second-order valence-electron chi connectivity index (χ2n) is 7.65. The van der Waals surface area contributed by atoms with Crippen molar-refractivity contribution in [3.8, 4) is 0 Å². The van der Waals surface area contributed by atoms with Crippen LogP contribution < -0.4 is 10.6 Å². The first-order chi connectivity index (χ1) is 16.0. The van der Waals surface area contributed by atoms with Gasteiger partial charge in [0.15, 0.2) is 5.69 Å². The number of esters is 1. The third kappa shape index (κ3) is 5.78. The highest BCUT2D eigenvalue weighted by molar-refractivity contribution is 6.11. The molecule has 0 spiro atoms. The van der Waals surface area contributed by atoms with Crippen molar-refractivity contribution in [2.75, 3.05) is 38.0 Å². The molecule has 1 amide bonds. The van der Waals surface area contributed by atoms with Crippen molar-refractivity contribution >= 4 is 34.3 Å². The monoisotopic (exact) mass is 450 g/mol. The number of nitrogens with one attached hydrogen (secondary N) is 2. The lowest BCUT2D eigenvalue weighted by Crippen LogP contribution is -2.19. The van der Waals surface area contributed by atoms with Gasteiger partial charge in [0.2, 0.25) is 5.91 Å². The van der Waals surface area contributed by atoms with Crippen LogP contribution in [0, 0.1) is 0 Å². The van der Waals surface area contributed by atoms with Crippen molar-refractivity contribution in [1.82, 2.24) is 9.55 Å². The molecule has 0 radical (unpaired) electrons. The molecule has 0 aliphatic heterocycles. The van der Waals surface area contributed by atoms with Crippen LogP contribution in [0.4, 0.5) is 11.4 Å². The molecule has 0 unspecified atom stereocenters. The zero-order valence-electron chi connectivity index (χ0n) is 19.5. The van der Waals surface area contributed by atoms with Gasteiger partial charge in [0, 0.05) is 25.6 Å². The predicted octanol–water partition coefficient (Wildman–Crippen LogP) is 4.03. The Bertz CT molecular complexity index is 1150. The summed E-state index contributed by atoms with van der Waals surface area (Å²) in [5.74, 6) is -0.793. The molecule has 174 valence electrons. The maximum Gasteiger partial charge on any atom is 0.356 e. The average molecular weight is 451 g/mol. The highest BCUT2D eigenvalue weighted by Gasteiger charge is 2.26. The van der Waals surface area contributed by atoms with Gasteiger partial charge in [0.1, 0.15) is 5.65 Å². The number of fused-ring (bicyclic) bond motifs is 1. The number of benzene rings is 1. The molecule has 8 heteroatoms. The second kappa shape index (κ2) is 11.3. The molecule has 2 aromatic heterocycles. The van der Waals surface area contributed by atoms with Gasteiger partial charge in [-0.1, -0.05) is 42.0 Å². The number of rotatable bonds is 10. The van der Waals surface area contributed by atoms with Crippen LogP contribution in [0.5, 0.6) is 0 Å². The van der Waals surface area contributed by atoms with Crippen LogP contribution in [-0.2, 0) is 27.2 Å². The standard InChI is InChI=1S/C25H30N4O4/c1-5-17(2)15-26-19-14-20-22(28-21(30)13-18-9-7-6-8-10-18)23(25(31)33-4)29(11-12-32-3)24(20)27-16-19/h5-10,14,16,26H,11-13,15H2,1-4H3,(H,28,30)/b17-5+. The van der Waals surface area contributed by atoms with E-state index in [0.29, 0.717) is 36.4 Å². The van der Waals surface area contributed by atoms with Gasteiger partial charge in [-0.05, 0) is 25.5 Å². The number of carbonyl (C=O) groups is 2. The molecule has 0 aliphatic rings. The first-order valence-electron chi connectivity index (χ1n) is 10.8. The Labute approximate surface area is 193 Å². The smallest absolute Gasteiger partial charge is 0.356 e. The molecule has 0 atom stereocenters. The number of aromatic nitrogens is 2. The third-order valence-electron chi connectivity index (χ3n) is 5.33. The lowest BCUT2D eigenvalue weighted by atomic mass is 10.1. The maximum atomic E-state index is 12.9. The van der Waals surface area contributed by atoms with Crippen molar-refractivity contribution in [3.05, 3.63) is 65.5 Å². The number of carbonyl (C=O) groups excluding carboxylic acids is 2. The Morgan fingerprint density at radius 3 is 2.61 bits per heavy atom. The quantitative estimate of drug-likeness (QED) is 0.358. The molecule has 3 aromatic rings. The molecule has 2 heterocycles. The van der Waals surface area contributed by atoms with Gasteiger partial charge in [0.05, 0.1) is 37.7 Å². The first-order valence-corrected chi connectivity index (χ1v) is 10.8. The molecule has 3 rings (SSSR count). The number of amides is 1. The SMILES string of the molecule is C/C=C(\C)CNc1cnc2c(c1)c(NC(=O)Cc1ccccc1)c(C(=O)OC)n2CCOC. The van der Waals surface area contributed by atoms with E-state index in [9.17, 15) is 9.59 Å². The Balaban J connectivity index is 2.06. The summed E-state index contributed by atoms with van der Waals surface area (Å²) in [6.07, 6.45) is 3.92. The molecule has 1 aromatic carbocycles. The summed E-state index contributed by atoms with van der Waals surface area (Å²) in [6, 6.07) is 11.3. The zero-order chi connectivity index (χ0) is 23.8. The summed E-state index contributed by atoms with van der Waals surface area (Å²) in [5.41, 5.74) is 4.02. The summed E-state index contributed by atoms with van der Waals surface area (Å²) in [7, 11) is 2.90. The van der Waals surface area contributed by atoms with E-state index < -0.39 is 5.97 Å². The third-order valence-corrected chi connectivity index (χ3v) is 5.33. The van der Waals surface area contributed by atoms with Gasteiger partial charge >= 0.3 is 5.97 Å². The van der Waals surface area contributed by atoms with Crippen LogP contribution in [0.2, 0.25) is 0 Å². The van der Waals surface area contributed by atoms with Crippen molar-refractivity contribution < 1.29 is 19.1 Å². The predicted molar refractivity (Wildman–Crippen MR) is 130 cm³/mol. The first kappa shape index (κ1) is 24.0. The normalized spacial score (nSPS) is 11.5. The van der Waals surface area contributed by atoms with E-state index in [2.05, 4.69) is 15.6 Å². The molecule has 0 saturated carbocycles. The van der Waals surface area contributed by atoms with Crippen molar-refractivity contribution in [2.24, 2.45) is 0 Å². The highest BCUT2D eigenvalue weighted by atomic mass is 16.5. The number of hydrogen-bond donors (Lipinski definition) is 2. The van der Waals surface area contributed by atoms with E-state index in [4.69, 9.17) is 9.47 Å². The molecular formula is C25H30N4O4. The largest absolute Gasteiger partial charge is 0.464 e. The zero-order valence-corrected chi connectivity index (χ0v) is 19.5. The molecule has 8 nitrogen and oxygen atoms in total. The van der Waals surface area contributed by atoms with Gasteiger partial charge in [0.25, 0.3) is 0 Å². The summed E-state index contributed by atoms with van der Waals surface area (Å²) in [6.45, 7) is 5.42. The molecule has 2 N–H and O–H groups in total. The maximum absolute atomic E-state index is 12.9. The lowest BCUT2D eigenvalue weighted by molar-refractivity contribution is -0.115. The number of nitrogens with zero attached hydrogens (tertiary/aromatic N) is 2. The molecule has 0 bridgehead atoms. The van der Waals surface area contributed by atoms with Crippen molar-refractivity contribution in [2.45, 2.75) is 26.8 Å². The molecule has 0 aliphatic carbocycles. The molecule has 0 saturated heterocycles.